The number of aromatic nitrogens is 4. The summed E-state index contributed by atoms with van der Waals surface area (Å²) >= 11 is 1.57. The number of aryl methyl sites for hydroxylation is 1. The van der Waals surface area contributed by atoms with Gasteiger partial charge >= 0.3 is 0 Å². The third kappa shape index (κ3) is 4.08. The zero-order chi connectivity index (χ0) is 21.2. The van der Waals surface area contributed by atoms with E-state index in [0.717, 1.165) is 65.4 Å². The van der Waals surface area contributed by atoms with Crippen molar-refractivity contribution in [2.45, 2.75) is 48.7 Å². The van der Waals surface area contributed by atoms with Crippen LogP contribution in [0.15, 0.2) is 28.5 Å². The zero-order valence-electron chi connectivity index (χ0n) is 17.4. The van der Waals surface area contributed by atoms with Crippen molar-refractivity contribution in [2.24, 2.45) is 5.92 Å². The molecule has 1 aromatic carbocycles. The molecule has 0 aliphatic carbocycles. The van der Waals surface area contributed by atoms with Gasteiger partial charge in [0.2, 0.25) is 0 Å². The lowest BCUT2D eigenvalue weighted by Crippen LogP contribution is -2.27. The number of rotatable bonds is 6. The zero-order valence-corrected chi connectivity index (χ0v) is 18.2. The maximum Gasteiger partial charge on any atom is 0.175 e. The lowest BCUT2D eigenvalue weighted by Gasteiger charge is -2.22. The second kappa shape index (κ2) is 8.77. The summed E-state index contributed by atoms with van der Waals surface area (Å²) in [6, 6.07) is 4.10. The van der Waals surface area contributed by atoms with E-state index < -0.39 is 0 Å². The van der Waals surface area contributed by atoms with E-state index in [2.05, 4.69) is 31.8 Å². The van der Waals surface area contributed by atoms with Crippen molar-refractivity contribution in [3.05, 3.63) is 29.6 Å². The molecule has 160 valence electrons. The topological polar surface area (TPSA) is 90.9 Å². The number of nitrogens with zero attached hydrogens (tertiary/aromatic N) is 4. The summed E-state index contributed by atoms with van der Waals surface area (Å²) in [6.45, 7) is 3.80. The van der Waals surface area contributed by atoms with Crippen LogP contribution in [0.25, 0.3) is 11.2 Å². The van der Waals surface area contributed by atoms with Gasteiger partial charge in [0, 0.05) is 23.4 Å². The smallest absolute Gasteiger partial charge is 0.175 e. The van der Waals surface area contributed by atoms with Crippen molar-refractivity contribution in [3.63, 3.8) is 0 Å². The Hall–Kier alpha value is -2.76. The Morgan fingerprint density at radius 2 is 2.16 bits per heavy atom. The van der Waals surface area contributed by atoms with Crippen LogP contribution < -0.4 is 15.8 Å². The second-order valence-corrected chi connectivity index (χ2v) is 9.12. The van der Waals surface area contributed by atoms with Crippen LogP contribution in [-0.2, 0) is 13.0 Å². The fourth-order valence-corrected chi connectivity index (χ4v) is 5.47. The van der Waals surface area contributed by atoms with Crippen LogP contribution in [0.1, 0.15) is 36.8 Å². The van der Waals surface area contributed by atoms with E-state index in [1.807, 2.05) is 6.07 Å². The number of fused-ring (bicyclic) bond motifs is 2. The molecule has 7 nitrogen and oxygen atoms in total. The van der Waals surface area contributed by atoms with Crippen molar-refractivity contribution in [1.82, 2.24) is 24.8 Å². The first-order valence-electron chi connectivity index (χ1n) is 10.8. The molecule has 0 saturated carbocycles. The monoisotopic (exact) mass is 434 g/mol. The Kier molecular flexibility index (Phi) is 5.70. The molecule has 0 spiro atoms. The third-order valence-corrected chi connectivity index (χ3v) is 7.18. The highest BCUT2D eigenvalue weighted by molar-refractivity contribution is 7.99. The highest BCUT2D eigenvalue weighted by atomic mass is 32.2. The van der Waals surface area contributed by atoms with Crippen LogP contribution in [0.3, 0.4) is 0 Å². The molecule has 8 heteroatoms. The maximum absolute atomic E-state index is 6.12. The average Bonchev–Trinajstić information content (AvgIpc) is 3.39. The lowest BCUT2D eigenvalue weighted by molar-refractivity contribution is 0.339. The molecule has 31 heavy (non-hydrogen) atoms. The molecular formula is C23H26N6OS. The van der Waals surface area contributed by atoms with E-state index in [0.29, 0.717) is 17.9 Å². The SMILES string of the molecule is C#Cc1cc2c(cc1Sc1nc3c(N)ncnc3n1CCCC1CCNCC1)CCO2. The minimum absolute atomic E-state index is 0.406. The van der Waals surface area contributed by atoms with Gasteiger partial charge in [-0.05, 0) is 62.4 Å². The standard InChI is InChI=1S/C23H26N6OS/c1-2-16-12-18-17(7-11-30-18)13-19(16)31-23-28-20-21(24)26-14-27-22(20)29(23)10-3-4-15-5-8-25-9-6-15/h1,12-15,25H,3-11H2,(H2,24,26,27). The molecule has 2 aromatic heterocycles. The number of ether oxygens (including phenoxy) is 1. The fourth-order valence-electron chi connectivity index (χ4n) is 4.42. The van der Waals surface area contributed by atoms with Gasteiger partial charge in [-0.15, -0.1) is 6.42 Å². The molecule has 0 unspecified atom stereocenters. The quantitative estimate of drug-likeness (QED) is 0.576. The van der Waals surface area contributed by atoms with Crippen LogP contribution in [0.2, 0.25) is 0 Å². The number of nitrogens with two attached hydrogens (primary N) is 1. The van der Waals surface area contributed by atoms with E-state index in [9.17, 15) is 0 Å². The van der Waals surface area contributed by atoms with E-state index in [1.54, 1.807) is 11.8 Å². The van der Waals surface area contributed by atoms with Gasteiger partial charge in [0.25, 0.3) is 0 Å². The van der Waals surface area contributed by atoms with Crippen LogP contribution >= 0.6 is 11.8 Å². The van der Waals surface area contributed by atoms with Crippen molar-refractivity contribution >= 4 is 28.7 Å². The van der Waals surface area contributed by atoms with E-state index in [-0.39, 0.29) is 0 Å². The second-order valence-electron chi connectivity index (χ2n) is 8.11. The van der Waals surface area contributed by atoms with Crippen molar-refractivity contribution in [2.75, 3.05) is 25.4 Å². The molecule has 4 heterocycles. The van der Waals surface area contributed by atoms with Crippen LogP contribution in [0.4, 0.5) is 5.82 Å². The van der Waals surface area contributed by atoms with Gasteiger partial charge in [-0.25, -0.2) is 15.0 Å². The Bertz CT molecular complexity index is 1150. The van der Waals surface area contributed by atoms with Gasteiger partial charge < -0.3 is 20.4 Å². The highest BCUT2D eigenvalue weighted by Crippen LogP contribution is 2.38. The number of hydrogen-bond acceptors (Lipinski definition) is 7. The Morgan fingerprint density at radius 3 is 3.00 bits per heavy atom. The normalized spacial score (nSPS) is 16.2. The lowest BCUT2D eigenvalue weighted by atomic mass is 9.93. The number of imidazole rings is 1. The minimum Gasteiger partial charge on any atom is -0.493 e. The first-order valence-corrected chi connectivity index (χ1v) is 11.7. The molecule has 1 saturated heterocycles. The summed E-state index contributed by atoms with van der Waals surface area (Å²) in [4.78, 5) is 14.4. The van der Waals surface area contributed by atoms with Crippen LogP contribution in [-0.4, -0.2) is 39.2 Å². The molecule has 0 atom stereocenters. The minimum atomic E-state index is 0.406. The molecule has 5 rings (SSSR count). The van der Waals surface area contributed by atoms with E-state index in [1.165, 1.54) is 31.2 Å². The first kappa shape index (κ1) is 20.2. The molecular weight excluding hydrogens is 408 g/mol. The Morgan fingerprint density at radius 1 is 1.29 bits per heavy atom. The number of anilines is 1. The van der Waals surface area contributed by atoms with Gasteiger partial charge in [0.1, 0.15) is 12.1 Å². The van der Waals surface area contributed by atoms with Crippen molar-refractivity contribution in [3.8, 4) is 18.1 Å². The summed E-state index contributed by atoms with van der Waals surface area (Å²) in [5.74, 6) is 4.89. The number of benzene rings is 1. The molecule has 0 bridgehead atoms. The van der Waals surface area contributed by atoms with Gasteiger partial charge in [-0.2, -0.15) is 0 Å². The predicted molar refractivity (Wildman–Crippen MR) is 122 cm³/mol. The molecule has 0 amide bonds. The van der Waals surface area contributed by atoms with Crippen LogP contribution in [0, 0.1) is 18.3 Å². The van der Waals surface area contributed by atoms with Crippen molar-refractivity contribution in [1.29, 1.82) is 0 Å². The molecule has 3 N–H and O–H groups in total. The summed E-state index contributed by atoms with van der Waals surface area (Å²) in [7, 11) is 0. The molecule has 2 aliphatic heterocycles. The molecule has 3 aromatic rings. The van der Waals surface area contributed by atoms with E-state index >= 15 is 0 Å². The molecule has 2 aliphatic rings. The first-order chi connectivity index (χ1) is 15.2. The highest BCUT2D eigenvalue weighted by Gasteiger charge is 2.21. The predicted octanol–water partition coefficient (Wildman–Crippen LogP) is 3.26. The van der Waals surface area contributed by atoms with Gasteiger partial charge in [-0.3, -0.25) is 0 Å². The number of nitrogen functional groups attached to an aromatic ring is 1. The number of piperidine rings is 1. The summed E-state index contributed by atoms with van der Waals surface area (Å²) in [5, 5.41) is 4.29. The fraction of sp³-hybridized carbons (Fsp3) is 0.435. The van der Waals surface area contributed by atoms with Crippen LogP contribution in [0.5, 0.6) is 5.75 Å². The van der Waals surface area contributed by atoms with Crippen molar-refractivity contribution < 1.29 is 4.74 Å². The molecule has 1 fully saturated rings. The number of nitrogens with one attached hydrogen (secondary N) is 1. The Labute approximate surface area is 186 Å². The van der Waals surface area contributed by atoms with Gasteiger partial charge in [0.05, 0.1) is 6.61 Å². The maximum atomic E-state index is 6.12. The number of terminal acetylenes is 1. The number of hydrogen-bond donors (Lipinski definition) is 2. The van der Waals surface area contributed by atoms with Gasteiger partial charge in [0.15, 0.2) is 22.1 Å². The van der Waals surface area contributed by atoms with Gasteiger partial charge in [-0.1, -0.05) is 17.7 Å². The molecule has 0 radical (unpaired) electrons. The summed E-state index contributed by atoms with van der Waals surface area (Å²) in [5.41, 5.74) is 9.56. The summed E-state index contributed by atoms with van der Waals surface area (Å²) < 4.78 is 7.85. The average molecular weight is 435 g/mol. The third-order valence-electron chi connectivity index (χ3n) is 6.13. The largest absolute Gasteiger partial charge is 0.493 e. The van der Waals surface area contributed by atoms with E-state index in [4.69, 9.17) is 21.9 Å². The summed E-state index contributed by atoms with van der Waals surface area (Å²) in [6.07, 6.45) is 13.0. The Balaban J connectivity index is 1.45.